The summed E-state index contributed by atoms with van der Waals surface area (Å²) in [4.78, 5) is 62.0. The molecule has 0 amide bonds. The molecule has 3 heterocycles. The van der Waals surface area contributed by atoms with Crippen molar-refractivity contribution in [1.29, 1.82) is 0 Å². The van der Waals surface area contributed by atoms with Gasteiger partial charge >= 0.3 is 23.5 Å². The number of anilines is 1. The molecule has 3 aromatic rings. The molecule has 39 heavy (non-hydrogen) atoms. The largest absolute Gasteiger partial charge is 0.490 e. The van der Waals surface area contributed by atoms with Crippen LogP contribution in [0.2, 0.25) is 0 Å². The van der Waals surface area contributed by atoms with E-state index < -0.39 is 59.9 Å². The number of hydrogen-bond donors (Lipinski definition) is 7. The van der Waals surface area contributed by atoms with Crippen LogP contribution in [0, 0.1) is 0 Å². The molecule has 0 bridgehead atoms. The Kier molecular flexibility index (Phi) is 7.94. The van der Waals surface area contributed by atoms with Crippen LogP contribution in [0.15, 0.2) is 43.0 Å². The molecule has 2 unspecified atom stereocenters. The number of imidazole rings is 1. The van der Waals surface area contributed by atoms with Gasteiger partial charge in [-0.15, -0.1) is 0 Å². The summed E-state index contributed by atoms with van der Waals surface area (Å²) < 4.78 is 53.1. The average molecular weight is 611 g/mol. The lowest BCUT2D eigenvalue weighted by Crippen LogP contribution is -2.51. The number of carbonyl (C=O) groups excluding carboxylic acids is 1. The van der Waals surface area contributed by atoms with E-state index in [-0.39, 0.29) is 22.5 Å². The number of Topliss-reactive ketones (excluding diaryl/α,β-unsaturated/α-hetero) is 1. The summed E-state index contributed by atoms with van der Waals surface area (Å²) in [6, 6.07) is 7.40. The van der Waals surface area contributed by atoms with Gasteiger partial charge in [-0.25, -0.2) is 28.6 Å². The van der Waals surface area contributed by atoms with Crippen molar-refractivity contribution in [2.75, 3.05) is 12.3 Å². The Balaban J connectivity index is 1.68. The molecule has 1 aromatic carbocycles. The first kappa shape index (κ1) is 29.5. The number of rotatable bonds is 10. The molecular formula is C17H20N5O14P3. The van der Waals surface area contributed by atoms with Gasteiger partial charge in [-0.05, 0) is 0 Å². The molecule has 1 aliphatic heterocycles. The van der Waals surface area contributed by atoms with Gasteiger partial charge in [0.2, 0.25) is 11.5 Å². The minimum absolute atomic E-state index is 0.00108. The van der Waals surface area contributed by atoms with Crippen molar-refractivity contribution in [2.45, 2.75) is 24.0 Å². The number of aliphatic hydroxyl groups is 2. The summed E-state index contributed by atoms with van der Waals surface area (Å²) in [6.45, 7) is -1.16. The second-order valence-corrected chi connectivity index (χ2v) is 12.3. The summed E-state index contributed by atoms with van der Waals surface area (Å²) in [7, 11) is -17.1. The van der Waals surface area contributed by atoms with E-state index in [9.17, 15) is 38.5 Å². The molecule has 6 atom stereocenters. The van der Waals surface area contributed by atoms with E-state index in [2.05, 4.69) is 28.1 Å². The van der Waals surface area contributed by atoms with Crippen LogP contribution in [0.25, 0.3) is 11.2 Å². The highest BCUT2D eigenvalue weighted by Crippen LogP contribution is 2.66. The molecule has 19 nitrogen and oxygen atoms in total. The standard InChI is InChI=1S/C17H20N5O14P3/c18-15-11-16(20-7-19-15)22(8-21-11)17(13(24)9-4-2-1-3-5-9)14(25)12(23)10(34-17)6-33-38(29,30)36-39(31,32)35-37(26,27)28/h1-5,7-8,10,12,14,23,25H,6H2,(H,29,30)(H,31,32)(H2,18,19,20)(H2,26,27,28)/t10-,12-,14-,17-/m1/s1. The maximum Gasteiger partial charge on any atom is 0.490 e. The SMILES string of the molecule is Nc1ncnc2c1ncn2[C@]1(C(=O)c2ccccc2)O[C@H](COP(=O)(O)OP(=O)(O)OP(=O)(O)O)[C@@H](O)[C@H]1O. The number of carbonyl (C=O) groups is 1. The Morgan fingerprint density at radius 1 is 1.03 bits per heavy atom. The van der Waals surface area contributed by atoms with E-state index >= 15 is 0 Å². The molecule has 8 N–H and O–H groups in total. The van der Waals surface area contributed by atoms with Gasteiger partial charge < -0.3 is 40.3 Å². The minimum Gasteiger partial charge on any atom is -0.387 e. The number of aromatic nitrogens is 4. The van der Waals surface area contributed by atoms with Crippen molar-refractivity contribution in [2.24, 2.45) is 0 Å². The normalized spacial score (nSPS) is 26.8. The maximum atomic E-state index is 13.8. The summed E-state index contributed by atoms with van der Waals surface area (Å²) >= 11 is 0. The van der Waals surface area contributed by atoms with Crippen LogP contribution >= 0.6 is 23.5 Å². The van der Waals surface area contributed by atoms with Crippen molar-refractivity contribution < 1.29 is 66.2 Å². The topological polar surface area (TPSA) is 296 Å². The second-order valence-electron chi connectivity index (χ2n) is 7.92. The van der Waals surface area contributed by atoms with E-state index in [4.69, 9.17) is 20.3 Å². The molecule has 22 heteroatoms. The molecular weight excluding hydrogens is 591 g/mol. The lowest BCUT2D eigenvalue weighted by atomic mass is 9.93. The molecule has 212 valence electrons. The van der Waals surface area contributed by atoms with Gasteiger partial charge in [0.15, 0.2) is 11.5 Å². The van der Waals surface area contributed by atoms with Gasteiger partial charge in [0, 0.05) is 5.56 Å². The van der Waals surface area contributed by atoms with E-state index in [0.29, 0.717) is 0 Å². The van der Waals surface area contributed by atoms with Crippen molar-refractivity contribution in [1.82, 2.24) is 19.5 Å². The average Bonchev–Trinajstić information content (AvgIpc) is 3.37. The zero-order valence-electron chi connectivity index (χ0n) is 19.1. The van der Waals surface area contributed by atoms with Gasteiger partial charge in [0.25, 0.3) is 0 Å². The number of benzene rings is 1. The molecule has 0 radical (unpaired) electrons. The lowest BCUT2D eigenvalue weighted by Gasteiger charge is -2.32. The monoisotopic (exact) mass is 611 g/mol. The third-order valence-corrected chi connectivity index (χ3v) is 9.14. The molecule has 1 fully saturated rings. The fraction of sp³-hybridized carbons (Fsp3) is 0.294. The van der Waals surface area contributed by atoms with Crippen molar-refractivity contribution in [3.8, 4) is 0 Å². The van der Waals surface area contributed by atoms with Gasteiger partial charge in [-0.1, -0.05) is 30.3 Å². The van der Waals surface area contributed by atoms with E-state index in [1.54, 1.807) is 6.07 Å². The second kappa shape index (κ2) is 10.5. The first-order chi connectivity index (χ1) is 18.1. The third-order valence-electron chi connectivity index (χ3n) is 5.34. The molecule has 0 aliphatic carbocycles. The Morgan fingerprint density at radius 3 is 2.33 bits per heavy atom. The summed E-state index contributed by atoms with van der Waals surface area (Å²) in [6.07, 6.45) is -3.79. The number of phosphoric ester groups is 1. The van der Waals surface area contributed by atoms with Crippen LogP contribution in [0.5, 0.6) is 0 Å². The van der Waals surface area contributed by atoms with Crippen LogP contribution in [0.3, 0.4) is 0 Å². The first-order valence-electron chi connectivity index (χ1n) is 10.4. The number of phosphoric acid groups is 3. The Bertz CT molecular complexity index is 1530. The predicted octanol–water partition coefficient (Wildman–Crippen LogP) is -0.592. The Hall–Kier alpha value is -2.47. The van der Waals surface area contributed by atoms with Crippen LogP contribution in [0.1, 0.15) is 10.4 Å². The third kappa shape index (κ3) is 6.01. The lowest BCUT2D eigenvalue weighted by molar-refractivity contribution is -0.112. The summed E-state index contributed by atoms with van der Waals surface area (Å²) in [5.41, 5.74) is 3.24. The number of nitrogen functional groups attached to an aromatic ring is 1. The van der Waals surface area contributed by atoms with E-state index in [1.807, 2.05) is 0 Å². The van der Waals surface area contributed by atoms with Crippen molar-refractivity contribution in [3.63, 3.8) is 0 Å². The quantitative estimate of drug-likeness (QED) is 0.111. The molecule has 0 saturated carbocycles. The van der Waals surface area contributed by atoms with Gasteiger partial charge in [-0.3, -0.25) is 13.9 Å². The summed E-state index contributed by atoms with van der Waals surface area (Å²) in [5.74, 6) is -0.995. The number of nitrogens with two attached hydrogens (primary N) is 1. The number of fused-ring (bicyclic) bond motifs is 1. The van der Waals surface area contributed by atoms with E-state index in [1.165, 1.54) is 24.3 Å². The Morgan fingerprint density at radius 2 is 1.69 bits per heavy atom. The zero-order valence-corrected chi connectivity index (χ0v) is 21.8. The molecule has 0 spiro atoms. The molecule has 1 saturated heterocycles. The molecule has 1 aliphatic rings. The van der Waals surface area contributed by atoms with Gasteiger partial charge in [0.1, 0.15) is 36.5 Å². The fourth-order valence-electron chi connectivity index (χ4n) is 3.80. The highest BCUT2D eigenvalue weighted by Gasteiger charge is 2.61. The molecule has 2 aromatic heterocycles. The van der Waals surface area contributed by atoms with Crippen LogP contribution in [-0.2, 0) is 37.3 Å². The zero-order chi connectivity index (χ0) is 28.8. The van der Waals surface area contributed by atoms with E-state index in [0.717, 1.165) is 17.2 Å². The van der Waals surface area contributed by atoms with Gasteiger partial charge in [0.05, 0.1) is 6.61 Å². The predicted molar refractivity (Wildman–Crippen MR) is 125 cm³/mol. The minimum atomic E-state index is -5.82. The van der Waals surface area contributed by atoms with Crippen LogP contribution in [-0.4, -0.2) is 80.0 Å². The fourth-order valence-corrected chi connectivity index (χ4v) is 6.83. The highest BCUT2D eigenvalue weighted by atomic mass is 31.3. The number of aliphatic hydroxyl groups excluding tert-OH is 2. The summed E-state index contributed by atoms with van der Waals surface area (Å²) in [5, 5.41) is 21.9. The first-order valence-corrected chi connectivity index (χ1v) is 14.9. The van der Waals surface area contributed by atoms with Crippen LogP contribution in [0.4, 0.5) is 5.82 Å². The smallest absolute Gasteiger partial charge is 0.387 e. The van der Waals surface area contributed by atoms with Crippen LogP contribution < -0.4 is 5.73 Å². The Labute approximate surface area is 217 Å². The number of hydrogen-bond acceptors (Lipinski definition) is 14. The number of ketones is 1. The van der Waals surface area contributed by atoms with Crippen molar-refractivity contribution >= 4 is 46.2 Å². The highest BCUT2D eigenvalue weighted by molar-refractivity contribution is 7.66. The number of nitrogens with zero attached hydrogens (tertiary/aromatic N) is 4. The van der Waals surface area contributed by atoms with Gasteiger partial charge in [-0.2, -0.15) is 8.62 Å². The number of ether oxygens (including phenoxy) is 1. The maximum absolute atomic E-state index is 13.8. The molecule has 4 rings (SSSR count). The van der Waals surface area contributed by atoms with Crippen molar-refractivity contribution in [3.05, 3.63) is 48.5 Å².